The van der Waals surface area contributed by atoms with Crippen molar-refractivity contribution in [2.24, 2.45) is 5.73 Å². The minimum atomic E-state index is 0.145. The number of nitrogens with two attached hydrogens (primary N) is 1. The van der Waals surface area contributed by atoms with Crippen molar-refractivity contribution in [2.75, 3.05) is 33.4 Å². The second-order valence-electron chi connectivity index (χ2n) is 5.36. The van der Waals surface area contributed by atoms with Crippen LogP contribution < -0.4 is 10.5 Å². The molecule has 0 aromatic heterocycles. The van der Waals surface area contributed by atoms with Crippen LogP contribution in [0.2, 0.25) is 0 Å². The van der Waals surface area contributed by atoms with Crippen LogP contribution in [-0.4, -0.2) is 44.4 Å². The third-order valence-electron chi connectivity index (χ3n) is 4.08. The van der Waals surface area contributed by atoms with Crippen LogP contribution in [0.4, 0.5) is 0 Å². The maximum atomic E-state index is 6.08. The normalized spacial score (nSPS) is 20.0. The molecular formula is C16H25BrN2O2. The van der Waals surface area contributed by atoms with Crippen LogP contribution in [0, 0.1) is 0 Å². The second kappa shape index (κ2) is 8.13. The van der Waals surface area contributed by atoms with Gasteiger partial charge in [0.2, 0.25) is 0 Å². The predicted molar refractivity (Wildman–Crippen MR) is 88.7 cm³/mol. The molecule has 1 aliphatic heterocycles. The molecule has 0 bridgehead atoms. The molecule has 1 aliphatic rings. The van der Waals surface area contributed by atoms with Crippen LogP contribution in [0.3, 0.4) is 0 Å². The van der Waals surface area contributed by atoms with Crippen molar-refractivity contribution >= 4 is 15.9 Å². The van der Waals surface area contributed by atoms with Crippen LogP contribution in [-0.2, 0) is 4.74 Å². The Kier molecular flexibility index (Phi) is 6.48. The summed E-state index contributed by atoms with van der Waals surface area (Å²) in [5.41, 5.74) is 7.21. The summed E-state index contributed by atoms with van der Waals surface area (Å²) < 4.78 is 12.3. The smallest absolute Gasteiger partial charge is 0.123 e. The van der Waals surface area contributed by atoms with Crippen molar-refractivity contribution in [1.29, 1.82) is 0 Å². The molecule has 0 saturated carbocycles. The van der Waals surface area contributed by atoms with E-state index in [1.807, 2.05) is 12.1 Å². The quantitative estimate of drug-likeness (QED) is 0.815. The highest BCUT2D eigenvalue weighted by molar-refractivity contribution is 9.10. The molecule has 1 heterocycles. The molecule has 21 heavy (non-hydrogen) atoms. The topological polar surface area (TPSA) is 47.7 Å². The molecule has 0 amide bonds. The minimum Gasteiger partial charge on any atom is -0.496 e. The molecule has 2 unspecified atom stereocenters. The van der Waals surface area contributed by atoms with E-state index in [2.05, 4.69) is 33.8 Å². The Morgan fingerprint density at radius 3 is 2.90 bits per heavy atom. The first-order valence-electron chi connectivity index (χ1n) is 7.58. The first kappa shape index (κ1) is 16.7. The molecule has 1 saturated heterocycles. The first-order chi connectivity index (χ1) is 10.2. The van der Waals surface area contributed by atoms with Crippen LogP contribution in [0.1, 0.15) is 31.4 Å². The molecule has 0 spiro atoms. The summed E-state index contributed by atoms with van der Waals surface area (Å²) in [6.45, 7) is 5.48. The summed E-state index contributed by atoms with van der Waals surface area (Å²) in [5.74, 6) is 0.888. The van der Waals surface area contributed by atoms with Crippen molar-refractivity contribution in [2.45, 2.75) is 31.9 Å². The summed E-state index contributed by atoms with van der Waals surface area (Å²) in [6.07, 6.45) is 2.64. The van der Waals surface area contributed by atoms with E-state index in [-0.39, 0.29) is 6.04 Å². The molecule has 2 rings (SSSR count). The Balaban J connectivity index is 2.21. The highest BCUT2D eigenvalue weighted by Crippen LogP contribution is 2.32. The lowest BCUT2D eigenvalue weighted by atomic mass is 10.0. The van der Waals surface area contributed by atoms with Crippen LogP contribution >= 0.6 is 15.9 Å². The van der Waals surface area contributed by atoms with E-state index in [0.29, 0.717) is 12.6 Å². The van der Waals surface area contributed by atoms with Gasteiger partial charge in [-0.3, -0.25) is 4.90 Å². The van der Waals surface area contributed by atoms with Gasteiger partial charge in [-0.15, -0.1) is 0 Å². The van der Waals surface area contributed by atoms with E-state index in [0.717, 1.165) is 48.3 Å². The molecule has 1 aromatic carbocycles. The molecule has 0 aliphatic carbocycles. The molecule has 1 aromatic rings. The lowest BCUT2D eigenvalue weighted by Crippen LogP contribution is -2.39. The number of rotatable bonds is 7. The third-order valence-corrected chi connectivity index (χ3v) is 4.58. The zero-order valence-electron chi connectivity index (χ0n) is 12.8. The lowest BCUT2D eigenvalue weighted by molar-refractivity contribution is 0.0597. The fraction of sp³-hybridized carbons (Fsp3) is 0.625. The average molecular weight is 357 g/mol. The van der Waals surface area contributed by atoms with Gasteiger partial charge >= 0.3 is 0 Å². The number of methoxy groups -OCH3 is 1. The number of benzene rings is 1. The summed E-state index contributed by atoms with van der Waals surface area (Å²) in [4.78, 5) is 2.39. The van der Waals surface area contributed by atoms with Crippen molar-refractivity contribution in [3.05, 3.63) is 28.2 Å². The summed E-state index contributed by atoms with van der Waals surface area (Å²) in [5, 5.41) is 0. The van der Waals surface area contributed by atoms with E-state index in [1.165, 1.54) is 0 Å². The Labute approximate surface area is 135 Å². The van der Waals surface area contributed by atoms with Gasteiger partial charge in [0, 0.05) is 29.7 Å². The van der Waals surface area contributed by atoms with Crippen molar-refractivity contribution in [3.8, 4) is 5.75 Å². The maximum Gasteiger partial charge on any atom is 0.123 e. The van der Waals surface area contributed by atoms with Crippen molar-refractivity contribution < 1.29 is 9.47 Å². The molecule has 118 valence electrons. The van der Waals surface area contributed by atoms with Gasteiger partial charge in [-0.05, 0) is 37.6 Å². The number of nitrogens with zero attached hydrogens (tertiary/aromatic N) is 1. The highest BCUT2D eigenvalue weighted by atomic mass is 79.9. The van der Waals surface area contributed by atoms with Gasteiger partial charge in [-0.2, -0.15) is 0 Å². The zero-order chi connectivity index (χ0) is 15.2. The van der Waals surface area contributed by atoms with Crippen LogP contribution in [0.25, 0.3) is 0 Å². The van der Waals surface area contributed by atoms with Gasteiger partial charge < -0.3 is 15.2 Å². The molecule has 4 nitrogen and oxygen atoms in total. The van der Waals surface area contributed by atoms with Gasteiger partial charge in [0.05, 0.1) is 19.3 Å². The lowest BCUT2D eigenvalue weighted by Gasteiger charge is -2.32. The molecule has 1 fully saturated rings. The van der Waals surface area contributed by atoms with Gasteiger partial charge in [0.15, 0.2) is 0 Å². The van der Waals surface area contributed by atoms with Crippen LogP contribution in [0.15, 0.2) is 22.7 Å². The first-order valence-corrected chi connectivity index (χ1v) is 8.38. The molecular weight excluding hydrogens is 332 g/mol. The van der Waals surface area contributed by atoms with Gasteiger partial charge in [0.25, 0.3) is 0 Å². The van der Waals surface area contributed by atoms with E-state index in [9.17, 15) is 0 Å². The number of halogens is 1. The summed E-state index contributed by atoms with van der Waals surface area (Å²) in [6, 6.07) is 6.23. The van der Waals surface area contributed by atoms with Crippen LogP contribution in [0.5, 0.6) is 5.75 Å². The fourth-order valence-corrected chi connectivity index (χ4v) is 3.34. The highest BCUT2D eigenvalue weighted by Gasteiger charge is 2.26. The Morgan fingerprint density at radius 1 is 1.52 bits per heavy atom. The average Bonchev–Trinajstić information content (AvgIpc) is 3.00. The van der Waals surface area contributed by atoms with Gasteiger partial charge in [0.1, 0.15) is 5.75 Å². The molecule has 0 radical (unpaired) electrons. The number of hydrogen-bond acceptors (Lipinski definition) is 4. The molecule has 5 heteroatoms. The molecule has 2 atom stereocenters. The number of likely N-dealkylation sites (N-methyl/N-ethyl adjacent to an activating group) is 1. The summed E-state index contributed by atoms with van der Waals surface area (Å²) in [7, 11) is 1.71. The number of hydrogen-bond donors (Lipinski definition) is 1. The standard InChI is InChI=1S/C16H25BrN2O2/c1-3-19(11-13-5-4-8-21-13)15(10-18)14-9-12(17)6-7-16(14)20-2/h6-7,9,13,15H,3-5,8,10-11,18H2,1-2H3. The zero-order valence-corrected chi connectivity index (χ0v) is 14.4. The van der Waals surface area contributed by atoms with E-state index in [4.69, 9.17) is 15.2 Å². The SMILES string of the molecule is CCN(CC1CCCO1)C(CN)c1cc(Br)ccc1OC. The predicted octanol–water partition coefficient (Wildman–Crippen LogP) is 2.96. The monoisotopic (exact) mass is 356 g/mol. The van der Waals surface area contributed by atoms with Crippen molar-refractivity contribution in [3.63, 3.8) is 0 Å². The second-order valence-corrected chi connectivity index (χ2v) is 6.28. The largest absolute Gasteiger partial charge is 0.496 e. The maximum absolute atomic E-state index is 6.08. The minimum absolute atomic E-state index is 0.145. The van der Waals surface area contributed by atoms with E-state index >= 15 is 0 Å². The Hall–Kier alpha value is -0.620. The molecule has 2 N–H and O–H groups in total. The Bertz CT molecular complexity index is 450. The van der Waals surface area contributed by atoms with Gasteiger partial charge in [-0.1, -0.05) is 22.9 Å². The van der Waals surface area contributed by atoms with E-state index < -0.39 is 0 Å². The summed E-state index contributed by atoms with van der Waals surface area (Å²) >= 11 is 3.54. The Morgan fingerprint density at radius 2 is 2.33 bits per heavy atom. The van der Waals surface area contributed by atoms with Gasteiger partial charge in [-0.25, -0.2) is 0 Å². The third kappa shape index (κ3) is 4.19. The van der Waals surface area contributed by atoms with Crippen molar-refractivity contribution in [1.82, 2.24) is 4.90 Å². The fourth-order valence-electron chi connectivity index (χ4n) is 2.96. The number of ether oxygens (including phenoxy) is 2. The van der Waals surface area contributed by atoms with E-state index in [1.54, 1.807) is 7.11 Å².